The van der Waals surface area contributed by atoms with Crippen LogP contribution < -0.4 is 10.5 Å². The Bertz CT molecular complexity index is 1720. The Balaban J connectivity index is 1.21. The molecule has 5 aromatic rings. The first-order valence-corrected chi connectivity index (χ1v) is 13.2. The number of nitrogens with one attached hydrogen (secondary N) is 2. The fourth-order valence-corrected chi connectivity index (χ4v) is 5.06. The number of hydrogen-bond acceptors (Lipinski definition) is 7. The van der Waals surface area contributed by atoms with E-state index in [9.17, 15) is 4.79 Å². The van der Waals surface area contributed by atoms with Gasteiger partial charge in [-0.25, -0.2) is 4.68 Å². The summed E-state index contributed by atoms with van der Waals surface area (Å²) in [6.45, 7) is 4.16. The maximum Gasteiger partial charge on any atom is 0.214 e. The minimum atomic E-state index is -0.253. The predicted molar refractivity (Wildman–Crippen MR) is 155 cm³/mol. The number of anilines is 1. The second-order valence-corrected chi connectivity index (χ2v) is 10.0. The molecule has 1 fully saturated rings. The molecule has 0 atom stereocenters. The number of nitrogens with zero attached hydrogens (tertiary/aromatic N) is 3. The fraction of sp³-hybridized carbons (Fsp3) is 0.167. The molecule has 10 heteroatoms. The van der Waals surface area contributed by atoms with Crippen LogP contribution in [0, 0.1) is 5.41 Å². The molecule has 0 aliphatic carbocycles. The highest BCUT2D eigenvalue weighted by Gasteiger charge is 2.21. The molecule has 202 valence electrons. The molecule has 0 unspecified atom stereocenters. The molecule has 0 spiro atoms. The summed E-state index contributed by atoms with van der Waals surface area (Å²) in [5, 5.41) is 13.1. The molecule has 1 aliphatic rings. The highest BCUT2D eigenvalue weighted by molar-refractivity contribution is 6.32. The lowest BCUT2D eigenvalue weighted by molar-refractivity contribution is 0.0342. The SMILES string of the molecule is N=Cc1cccc(Oc2ccc(-n3ncc(C(=O)c4cc5ccc(CN6CCOCC6)cc5[nH]4)c3N)c(Cl)c2)c1. The second-order valence-electron chi connectivity index (χ2n) is 9.61. The Morgan fingerprint density at radius 3 is 2.73 bits per heavy atom. The van der Waals surface area contributed by atoms with E-state index in [2.05, 4.69) is 27.1 Å². The molecule has 0 radical (unpaired) electrons. The van der Waals surface area contributed by atoms with Gasteiger partial charge in [-0.1, -0.05) is 35.9 Å². The number of carbonyl (C=O) groups is 1. The van der Waals surface area contributed by atoms with Crippen molar-refractivity contribution in [3.05, 3.63) is 100 Å². The summed E-state index contributed by atoms with van der Waals surface area (Å²) in [5.41, 5.74) is 10.4. The third-order valence-electron chi connectivity index (χ3n) is 6.90. The maximum atomic E-state index is 13.4. The summed E-state index contributed by atoms with van der Waals surface area (Å²) in [4.78, 5) is 19.0. The van der Waals surface area contributed by atoms with Crippen LogP contribution in [0.4, 0.5) is 5.82 Å². The Labute approximate surface area is 235 Å². The summed E-state index contributed by atoms with van der Waals surface area (Å²) < 4.78 is 12.8. The van der Waals surface area contributed by atoms with Gasteiger partial charge in [0.05, 0.1) is 41.4 Å². The van der Waals surface area contributed by atoms with E-state index in [0.29, 0.717) is 27.9 Å². The molecule has 9 nitrogen and oxygen atoms in total. The van der Waals surface area contributed by atoms with Crippen molar-refractivity contribution < 1.29 is 14.3 Å². The first-order chi connectivity index (χ1) is 19.5. The Morgan fingerprint density at radius 1 is 1.10 bits per heavy atom. The summed E-state index contributed by atoms with van der Waals surface area (Å²) in [5.74, 6) is 1.04. The van der Waals surface area contributed by atoms with Gasteiger partial charge in [0.1, 0.15) is 17.3 Å². The van der Waals surface area contributed by atoms with Gasteiger partial charge in [-0.3, -0.25) is 9.69 Å². The molecule has 1 aliphatic heterocycles. The number of rotatable bonds is 8. The Hall–Kier alpha value is -4.44. The number of ether oxygens (including phenoxy) is 2. The van der Waals surface area contributed by atoms with Crippen LogP contribution in [0.5, 0.6) is 11.5 Å². The summed E-state index contributed by atoms with van der Waals surface area (Å²) in [7, 11) is 0. The lowest BCUT2D eigenvalue weighted by Gasteiger charge is -2.26. The third-order valence-corrected chi connectivity index (χ3v) is 7.20. The summed E-state index contributed by atoms with van der Waals surface area (Å²) in [6, 6.07) is 20.3. The number of H-pyrrole nitrogens is 1. The number of nitrogen functional groups attached to an aromatic ring is 1. The molecule has 3 heterocycles. The van der Waals surface area contributed by atoms with E-state index >= 15 is 0 Å². The molecular formula is C30H27ClN6O3. The number of carbonyl (C=O) groups excluding carboxylic acids is 1. The normalized spacial score (nSPS) is 13.9. The fourth-order valence-electron chi connectivity index (χ4n) is 4.81. The molecule has 2 aromatic heterocycles. The van der Waals surface area contributed by atoms with Crippen LogP contribution >= 0.6 is 11.6 Å². The highest BCUT2D eigenvalue weighted by atomic mass is 35.5. The summed E-state index contributed by atoms with van der Waals surface area (Å²) >= 11 is 6.57. The number of halogens is 1. The number of aromatic nitrogens is 3. The Kier molecular flexibility index (Phi) is 7.08. The molecule has 1 saturated heterocycles. The zero-order valence-corrected chi connectivity index (χ0v) is 22.3. The van der Waals surface area contributed by atoms with Crippen molar-refractivity contribution in [1.29, 1.82) is 5.41 Å². The monoisotopic (exact) mass is 554 g/mol. The number of benzene rings is 3. The summed E-state index contributed by atoms with van der Waals surface area (Å²) in [6.07, 6.45) is 2.71. The first kappa shape index (κ1) is 25.8. The van der Waals surface area contributed by atoms with E-state index in [4.69, 9.17) is 32.2 Å². The topological polar surface area (TPSA) is 122 Å². The van der Waals surface area contributed by atoms with E-state index in [-0.39, 0.29) is 17.2 Å². The lowest BCUT2D eigenvalue weighted by atomic mass is 10.1. The number of fused-ring (bicyclic) bond motifs is 1. The largest absolute Gasteiger partial charge is 0.457 e. The van der Waals surface area contributed by atoms with Crippen molar-refractivity contribution in [2.24, 2.45) is 0 Å². The quantitative estimate of drug-likeness (QED) is 0.173. The van der Waals surface area contributed by atoms with Crippen LogP contribution in [-0.4, -0.2) is 58.0 Å². The maximum absolute atomic E-state index is 13.4. The first-order valence-electron chi connectivity index (χ1n) is 12.9. The van der Waals surface area contributed by atoms with Crippen molar-refractivity contribution in [1.82, 2.24) is 19.7 Å². The van der Waals surface area contributed by atoms with Gasteiger partial charge in [0, 0.05) is 42.8 Å². The molecule has 0 bridgehead atoms. The number of hydrogen-bond donors (Lipinski definition) is 3. The molecule has 40 heavy (non-hydrogen) atoms. The molecule has 6 rings (SSSR count). The van der Waals surface area contributed by atoms with Crippen LogP contribution in [0.2, 0.25) is 5.02 Å². The number of nitrogens with two attached hydrogens (primary N) is 1. The van der Waals surface area contributed by atoms with E-state index < -0.39 is 0 Å². The van der Waals surface area contributed by atoms with Gasteiger partial charge in [0.15, 0.2) is 0 Å². The molecule has 3 aromatic carbocycles. The standard InChI is InChI=1S/C30H27ClN6O3/c31-25-15-23(40-22-3-1-2-19(12-22)16-32)6-7-28(25)37-30(33)24(17-34-37)29(38)27-14-21-5-4-20(13-26(21)35-27)18-36-8-10-39-11-9-36/h1-7,12-17,32,35H,8-11,18,33H2. The molecule has 0 saturated carbocycles. The van der Waals surface area contributed by atoms with Gasteiger partial charge in [-0.15, -0.1) is 0 Å². The zero-order chi connectivity index (χ0) is 27.6. The van der Waals surface area contributed by atoms with Crippen molar-refractivity contribution in [3.8, 4) is 17.2 Å². The van der Waals surface area contributed by atoms with Crippen molar-refractivity contribution >= 4 is 40.3 Å². The number of aromatic amines is 1. The van der Waals surface area contributed by atoms with Crippen LogP contribution in [0.1, 0.15) is 27.2 Å². The predicted octanol–water partition coefficient (Wildman–Crippen LogP) is 5.44. The van der Waals surface area contributed by atoms with E-state index in [1.165, 1.54) is 22.7 Å². The minimum absolute atomic E-state index is 0.186. The second kappa shape index (κ2) is 11.0. The Morgan fingerprint density at radius 2 is 1.93 bits per heavy atom. The van der Waals surface area contributed by atoms with Gasteiger partial charge in [-0.2, -0.15) is 5.10 Å². The van der Waals surface area contributed by atoms with Crippen LogP contribution in [0.25, 0.3) is 16.6 Å². The van der Waals surface area contributed by atoms with Crippen LogP contribution in [-0.2, 0) is 11.3 Å². The van der Waals surface area contributed by atoms with E-state index in [1.54, 1.807) is 30.3 Å². The zero-order valence-electron chi connectivity index (χ0n) is 21.6. The van der Waals surface area contributed by atoms with Gasteiger partial charge in [0.25, 0.3) is 0 Å². The van der Waals surface area contributed by atoms with Crippen molar-refractivity contribution in [2.45, 2.75) is 6.54 Å². The van der Waals surface area contributed by atoms with Gasteiger partial charge >= 0.3 is 0 Å². The van der Waals surface area contributed by atoms with E-state index in [1.807, 2.05) is 24.3 Å². The average Bonchev–Trinajstić information content (AvgIpc) is 3.57. The van der Waals surface area contributed by atoms with Crippen LogP contribution in [0.3, 0.4) is 0 Å². The van der Waals surface area contributed by atoms with Gasteiger partial charge in [0.2, 0.25) is 5.78 Å². The smallest absolute Gasteiger partial charge is 0.214 e. The molecule has 4 N–H and O–H groups in total. The molecular weight excluding hydrogens is 528 g/mol. The van der Waals surface area contributed by atoms with Crippen LogP contribution in [0.15, 0.2) is 72.9 Å². The minimum Gasteiger partial charge on any atom is -0.457 e. The third kappa shape index (κ3) is 5.22. The highest BCUT2D eigenvalue weighted by Crippen LogP contribution is 2.31. The number of ketones is 1. The van der Waals surface area contributed by atoms with Gasteiger partial charge < -0.3 is 25.6 Å². The van der Waals surface area contributed by atoms with Crippen molar-refractivity contribution in [3.63, 3.8) is 0 Å². The van der Waals surface area contributed by atoms with E-state index in [0.717, 1.165) is 49.3 Å². The molecule has 0 amide bonds. The van der Waals surface area contributed by atoms with Crippen molar-refractivity contribution in [2.75, 3.05) is 32.0 Å². The average molecular weight is 555 g/mol. The number of morpholine rings is 1. The lowest BCUT2D eigenvalue weighted by Crippen LogP contribution is -2.35. The van der Waals surface area contributed by atoms with Gasteiger partial charge in [-0.05, 0) is 47.5 Å².